The summed E-state index contributed by atoms with van der Waals surface area (Å²) in [4.78, 5) is 2.90. The minimum Gasteiger partial charge on any atom is -0.313 e. The van der Waals surface area contributed by atoms with Gasteiger partial charge in [0.1, 0.15) is 0 Å². The van der Waals surface area contributed by atoms with Crippen molar-refractivity contribution in [3.05, 3.63) is 28.9 Å². The van der Waals surface area contributed by atoms with Crippen LogP contribution in [0.5, 0.6) is 0 Å². The number of hydrogen-bond donors (Lipinski definition) is 1. The Labute approximate surface area is 105 Å². The Morgan fingerprint density at radius 3 is 3.12 bits per heavy atom. The maximum Gasteiger partial charge on any atom is 0.0576 e. The summed E-state index contributed by atoms with van der Waals surface area (Å²) >= 11 is 1.93. The first-order valence-electron chi connectivity index (χ1n) is 6.07. The van der Waals surface area contributed by atoms with E-state index in [9.17, 15) is 0 Å². The highest BCUT2D eigenvalue weighted by molar-refractivity contribution is 7.15. The summed E-state index contributed by atoms with van der Waals surface area (Å²) in [7, 11) is 4.02. The second kappa shape index (κ2) is 4.27. The highest BCUT2D eigenvalue weighted by atomic mass is 32.1. The van der Waals surface area contributed by atoms with Gasteiger partial charge in [-0.2, -0.15) is 5.10 Å². The normalized spacial score (nSPS) is 19.3. The van der Waals surface area contributed by atoms with Crippen molar-refractivity contribution in [2.45, 2.75) is 25.3 Å². The van der Waals surface area contributed by atoms with Crippen LogP contribution in [0.25, 0.3) is 10.4 Å². The topological polar surface area (TPSA) is 29.9 Å². The van der Waals surface area contributed by atoms with Gasteiger partial charge in [-0.15, -0.1) is 11.3 Å². The maximum atomic E-state index is 4.25. The third-order valence-electron chi connectivity index (χ3n) is 3.45. The molecular weight excluding hydrogens is 230 g/mol. The van der Waals surface area contributed by atoms with Gasteiger partial charge >= 0.3 is 0 Å². The standard InChI is InChI=1S/C13H17N3S/c1-14-11-4-3-5-12-10(11)6-13(17-12)9-7-15-16(2)8-9/h6-8,11,14H,3-5H2,1-2H3. The third kappa shape index (κ3) is 1.91. The minimum absolute atomic E-state index is 0.542. The van der Waals surface area contributed by atoms with Crippen LogP contribution in [0.4, 0.5) is 0 Å². The summed E-state index contributed by atoms with van der Waals surface area (Å²) in [6.07, 6.45) is 7.83. The average molecular weight is 247 g/mol. The lowest BCUT2D eigenvalue weighted by molar-refractivity contribution is 0.502. The number of hydrogen-bond acceptors (Lipinski definition) is 3. The summed E-state index contributed by atoms with van der Waals surface area (Å²) in [6.45, 7) is 0. The SMILES string of the molecule is CNC1CCCc2sc(-c3cnn(C)c3)cc21. The van der Waals surface area contributed by atoms with E-state index in [1.54, 1.807) is 4.88 Å². The van der Waals surface area contributed by atoms with Crippen LogP contribution in [0.2, 0.25) is 0 Å². The largest absolute Gasteiger partial charge is 0.313 e. The van der Waals surface area contributed by atoms with Gasteiger partial charge in [0.15, 0.2) is 0 Å². The van der Waals surface area contributed by atoms with Gasteiger partial charge in [0.05, 0.1) is 6.20 Å². The van der Waals surface area contributed by atoms with E-state index in [2.05, 4.69) is 29.7 Å². The molecule has 2 heterocycles. The molecule has 0 aromatic carbocycles. The molecule has 3 rings (SSSR count). The summed E-state index contributed by atoms with van der Waals surface area (Å²) < 4.78 is 1.86. The van der Waals surface area contributed by atoms with E-state index in [0.717, 1.165) is 0 Å². The van der Waals surface area contributed by atoms with E-state index in [1.807, 2.05) is 29.3 Å². The first kappa shape index (κ1) is 11.0. The zero-order chi connectivity index (χ0) is 11.8. The zero-order valence-electron chi connectivity index (χ0n) is 10.2. The van der Waals surface area contributed by atoms with Crippen molar-refractivity contribution in [1.82, 2.24) is 15.1 Å². The molecule has 17 heavy (non-hydrogen) atoms. The Hall–Kier alpha value is -1.13. The third-order valence-corrected chi connectivity index (χ3v) is 4.71. The predicted molar refractivity (Wildman–Crippen MR) is 71.3 cm³/mol. The Kier molecular flexibility index (Phi) is 2.76. The van der Waals surface area contributed by atoms with Crippen LogP contribution in [0, 0.1) is 0 Å². The molecule has 1 aliphatic carbocycles. The maximum absolute atomic E-state index is 4.25. The monoisotopic (exact) mass is 247 g/mol. The number of aromatic nitrogens is 2. The number of nitrogens with one attached hydrogen (secondary N) is 1. The first-order chi connectivity index (χ1) is 8.28. The average Bonchev–Trinajstić information content (AvgIpc) is 2.93. The molecule has 0 bridgehead atoms. The molecule has 0 spiro atoms. The Bertz CT molecular complexity index is 527. The lowest BCUT2D eigenvalue weighted by Gasteiger charge is -2.21. The highest BCUT2D eigenvalue weighted by Crippen LogP contribution is 2.39. The number of nitrogens with zero attached hydrogens (tertiary/aromatic N) is 2. The van der Waals surface area contributed by atoms with Crippen LogP contribution in [-0.4, -0.2) is 16.8 Å². The van der Waals surface area contributed by atoms with Gasteiger partial charge < -0.3 is 5.32 Å². The molecule has 1 N–H and O–H groups in total. The Morgan fingerprint density at radius 2 is 2.41 bits per heavy atom. The van der Waals surface area contributed by atoms with Crippen LogP contribution >= 0.6 is 11.3 Å². The van der Waals surface area contributed by atoms with Crippen LogP contribution in [0.1, 0.15) is 29.3 Å². The van der Waals surface area contributed by atoms with Crippen molar-refractivity contribution in [3.8, 4) is 10.4 Å². The number of fused-ring (bicyclic) bond motifs is 1. The molecule has 1 unspecified atom stereocenters. The van der Waals surface area contributed by atoms with E-state index >= 15 is 0 Å². The van der Waals surface area contributed by atoms with Gasteiger partial charge in [-0.1, -0.05) is 0 Å². The van der Waals surface area contributed by atoms with Crippen molar-refractivity contribution in [2.75, 3.05) is 7.05 Å². The van der Waals surface area contributed by atoms with Crippen molar-refractivity contribution in [1.29, 1.82) is 0 Å². The smallest absolute Gasteiger partial charge is 0.0576 e. The van der Waals surface area contributed by atoms with Crippen molar-refractivity contribution in [2.24, 2.45) is 7.05 Å². The van der Waals surface area contributed by atoms with Crippen molar-refractivity contribution < 1.29 is 0 Å². The summed E-state index contributed by atoms with van der Waals surface area (Å²) in [5.41, 5.74) is 2.74. The van der Waals surface area contributed by atoms with Gasteiger partial charge in [-0.05, 0) is 37.9 Å². The zero-order valence-corrected chi connectivity index (χ0v) is 11.0. The highest BCUT2D eigenvalue weighted by Gasteiger charge is 2.22. The predicted octanol–water partition coefficient (Wildman–Crippen LogP) is 2.75. The fourth-order valence-corrected chi connectivity index (χ4v) is 3.79. The van der Waals surface area contributed by atoms with Crippen LogP contribution in [0.3, 0.4) is 0 Å². The molecule has 0 radical (unpaired) electrons. The van der Waals surface area contributed by atoms with Crippen LogP contribution in [-0.2, 0) is 13.5 Å². The van der Waals surface area contributed by atoms with Gasteiger partial charge in [-0.25, -0.2) is 0 Å². The van der Waals surface area contributed by atoms with Crippen molar-refractivity contribution >= 4 is 11.3 Å². The molecular formula is C13H17N3S. The molecule has 4 heteroatoms. The van der Waals surface area contributed by atoms with E-state index in [4.69, 9.17) is 0 Å². The van der Waals surface area contributed by atoms with Crippen LogP contribution < -0.4 is 5.32 Å². The minimum atomic E-state index is 0.542. The molecule has 2 aromatic heterocycles. The molecule has 0 fully saturated rings. The Balaban J connectivity index is 2.01. The molecule has 0 saturated heterocycles. The van der Waals surface area contributed by atoms with E-state index in [1.165, 1.54) is 35.3 Å². The molecule has 0 amide bonds. The second-order valence-electron chi connectivity index (χ2n) is 4.63. The molecule has 90 valence electrons. The molecule has 1 atom stereocenters. The lowest BCUT2D eigenvalue weighted by Crippen LogP contribution is -2.19. The summed E-state index contributed by atoms with van der Waals surface area (Å²) in [5.74, 6) is 0. The number of thiophene rings is 1. The Morgan fingerprint density at radius 1 is 1.53 bits per heavy atom. The summed E-state index contributed by atoms with van der Waals surface area (Å²) in [6, 6.07) is 2.89. The molecule has 1 aliphatic rings. The first-order valence-corrected chi connectivity index (χ1v) is 6.88. The fourth-order valence-electron chi connectivity index (χ4n) is 2.55. The van der Waals surface area contributed by atoms with E-state index < -0.39 is 0 Å². The molecule has 0 aliphatic heterocycles. The van der Waals surface area contributed by atoms with Gasteiger partial charge in [0.2, 0.25) is 0 Å². The van der Waals surface area contributed by atoms with E-state index in [-0.39, 0.29) is 0 Å². The van der Waals surface area contributed by atoms with Gasteiger partial charge in [0, 0.05) is 34.6 Å². The molecule has 0 saturated carbocycles. The molecule has 3 nitrogen and oxygen atoms in total. The summed E-state index contributed by atoms with van der Waals surface area (Å²) in [5, 5.41) is 7.66. The van der Waals surface area contributed by atoms with Crippen LogP contribution in [0.15, 0.2) is 18.5 Å². The van der Waals surface area contributed by atoms with Gasteiger partial charge in [0.25, 0.3) is 0 Å². The number of aryl methyl sites for hydroxylation is 2. The van der Waals surface area contributed by atoms with E-state index in [0.29, 0.717) is 6.04 Å². The fraction of sp³-hybridized carbons (Fsp3) is 0.462. The number of rotatable bonds is 2. The molecule has 2 aromatic rings. The van der Waals surface area contributed by atoms with Gasteiger partial charge in [-0.3, -0.25) is 4.68 Å². The quantitative estimate of drug-likeness (QED) is 0.884. The van der Waals surface area contributed by atoms with Crippen molar-refractivity contribution in [3.63, 3.8) is 0 Å². The lowest BCUT2D eigenvalue weighted by atomic mass is 9.94. The second-order valence-corrected chi connectivity index (χ2v) is 5.76.